The van der Waals surface area contributed by atoms with Gasteiger partial charge in [0.25, 0.3) is 0 Å². The van der Waals surface area contributed by atoms with Crippen LogP contribution in [0.25, 0.3) is 0 Å². The van der Waals surface area contributed by atoms with Gasteiger partial charge in [-0.25, -0.2) is 0 Å². The van der Waals surface area contributed by atoms with E-state index in [0.717, 1.165) is 16.8 Å². The lowest BCUT2D eigenvalue weighted by Gasteiger charge is -2.18. The number of likely N-dealkylation sites (N-methyl/N-ethyl adjacent to an activating group) is 1. The molecule has 3 aromatic rings. The third-order valence-corrected chi connectivity index (χ3v) is 4.53. The van der Waals surface area contributed by atoms with Crippen LogP contribution in [0.4, 0.5) is 5.69 Å². The Hall–Kier alpha value is -3.47. The van der Waals surface area contributed by atoms with Crippen LogP contribution >= 0.6 is 0 Å². The van der Waals surface area contributed by atoms with Crippen molar-refractivity contribution >= 4 is 11.6 Å². The molecular weight excluding hydrogens is 364 g/mol. The Labute approximate surface area is 171 Å². The van der Waals surface area contributed by atoms with Crippen molar-refractivity contribution < 1.29 is 14.3 Å². The fourth-order valence-corrected chi connectivity index (χ4v) is 2.92. The van der Waals surface area contributed by atoms with Crippen molar-refractivity contribution in [2.75, 3.05) is 25.6 Å². The molecule has 1 amide bonds. The molecule has 0 saturated carbocycles. The van der Waals surface area contributed by atoms with E-state index in [4.69, 9.17) is 9.47 Å². The van der Waals surface area contributed by atoms with Crippen molar-refractivity contribution in [2.24, 2.45) is 0 Å². The molecule has 0 spiro atoms. The first kappa shape index (κ1) is 20.3. The van der Waals surface area contributed by atoms with E-state index in [0.29, 0.717) is 31.2 Å². The number of methoxy groups -OCH3 is 1. The highest BCUT2D eigenvalue weighted by Crippen LogP contribution is 2.28. The molecular formula is C24H26N2O3. The molecule has 0 aliphatic rings. The maximum Gasteiger partial charge on any atom is 0.239 e. The number of nitrogens with one attached hydrogen (secondary N) is 1. The molecule has 0 radical (unpaired) electrons. The molecule has 1 N–H and O–H groups in total. The predicted octanol–water partition coefficient (Wildman–Crippen LogP) is 4.03. The number of rotatable bonds is 9. The lowest BCUT2D eigenvalue weighted by atomic mass is 10.2. The van der Waals surface area contributed by atoms with Gasteiger partial charge in [0.15, 0.2) is 11.5 Å². The number of carbonyl (C=O) groups is 1. The van der Waals surface area contributed by atoms with Gasteiger partial charge in [0.05, 0.1) is 13.7 Å². The molecule has 3 rings (SSSR count). The maximum absolute atomic E-state index is 12.3. The highest BCUT2D eigenvalue weighted by atomic mass is 16.5. The standard InChI is InChI=1S/C24H26N2O3/c1-26(21-11-7-4-8-12-21)17-24(27)25-16-20-13-14-22(23(15-20)28-2)29-18-19-9-5-3-6-10-19/h3-15H,16-18H2,1-2H3,(H,25,27). The number of para-hydroxylation sites is 1. The van der Waals surface area contributed by atoms with E-state index in [-0.39, 0.29) is 5.91 Å². The predicted molar refractivity (Wildman–Crippen MR) is 115 cm³/mol. The van der Waals surface area contributed by atoms with Gasteiger partial charge in [0, 0.05) is 19.3 Å². The summed E-state index contributed by atoms with van der Waals surface area (Å²) in [6.45, 7) is 1.19. The molecule has 0 unspecified atom stereocenters. The Bertz CT molecular complexity index is 914. The first-order chi connectivity index (χ1) is 14.2. The Morgan fingerprint density at radius 2 is 1.59 bits per heavy atom. The summed E-state index contributed by atoms with van der Waals surface area (Å²) < 4.78 is 11.3. The smallest absolute Gasteiger partial charge is 0.239 e. The summed E-state index contributed by atoms with van der Waals surface area (Å²) in [6.07, 6.45) is 0. The molecule has 3 aromatic carbocycles. The number of anilines is 1. The molecule has 5 heteroatoms. The van der Waals surface area contributed by atoms with Crippen molar-refractivity contribution in [3.8, 4) is 11.5 Å². The fourth-order valence-electron chi connectivity index (χ4n) is 2.92. The van der Waals surface area contributed by atoms with Crippen LogP contribution in [-0.2, 0) is 17.9 Å². The molecule has 0 saturated heterocycles. The number of carbonyl (C=O) groups excluding carboxylic acids is 1. The summed E-state index contributed by atoms with van der Waals surface area (Å²) >= 11 is 0. The molecule has 0 fully saturated rings. The van der Waals surface area contributed by atoms with Crippen molar-refractivity contribution in [3.63, 3.8) is 0 Å². The van der Waals surface area contributed by atoms with E-state index in [1.165, 1.54) is 0 Å². The van der Waals surface area contributed by atoms with Gasteiger partial charge in [-0.05, 0) is 35.4 Å². The fraction of sp³-hybridized carbons (Fsp3) is 0.208. The van der Waals surface area contributed by atoms with Gasteiger partial charge in [-0.2, -0.15) is 0 Å². The topological polar surface area (TPSA) is 50.8 Å². The molecule has 150 valence electrons. The summed E-state index contributed by atoms with van der Waals surface area (Å²) in [5, 5.41) is 2.95. The molecule has 0 aliphatic carbocycles. The summed E-state index contributed by atoms with van der Waals surface area (Å²) in [5.74, 6) is 1.28. The van der Waals surface area contributed by atoms with Gasteiger partial charge in [0.1, 0.15) is 6.61 Å². The third kappa shape index (κ3) is 6.01. The number of amides is 1. The van der Waals surface area contributed by atoms with Crippen molar-refractivity contribution in [1.82, 2.24) is 5.32 Å². The van der Waals surface area contributed by atoms with Gasteiger partial charge < -0.3 is 19.7 Å². The number of nitrogens with zero attached hydrogens (tertiary/aromatic N) is 1. The zero-order chi connectivity index (χ0) is 20.5. The largest absolute Gasteiger partial charge is 0.493 e. The minimum atomic E-state index is -0.0419. The average molecular weight is 390 g/mol. The Kier molecular flexibility index (Phi) is 7.11. The Morgan fingerprint density at radius 3 is 2.28 bits per heavy atom. The quantitative estimate of drug-likeness (QED) is 0.599. The first-order valence-electron chi connectivity index (χ1n) is 9.52. The Morgan fingerprint density at radius 1 is 0.897 bits per heavy atom. The van der Waals surface area contributed by atoms with Gasteiger partial charge >= 0.3 is 0 Å². The van der Waals surface area contributed by atoms with Crippen LogP contribution in [0.2, 0.25) is 0 Å². The second kappa shape index (κ2) is 10.2. The van der Waals surface area contributed by atoms with Crippen LogP contribution in [-0.4, -0.2) is 26.6 Å². The summed E-state index contributed by atoms with van der Waals surface area (Å²) in [4.78, 5) is 14.2. The maximum atomic E-state index is 12.3. The van der Waals surface area contributed by atoms with Crippen LogP contribution in [0, 0.1) is 0 Å². The van der Waals surface area contributed by atoms with Crippen LogP contribution in [0.3, 0.4) is 0 Å². The van der Waals surface area contributed by atoms with E-state index in [9.17, 15) is 4.79 Å². The number of hydrogen-bond donors (Lipinski definition) is 1. The SMILES string of the molecule is COc1cc(CNC(=O)CN(C)c2ccccc2)ccc1OCc1ccccc1. The molecule has 0 aromatic heterocycles. The monoisotopic (exact) mass is 390 g/mol. The number of benzene rings is 3. The van der Waals surface area contributed by atoms with E-state index in [2.05, 4.69) is 5.32 Å². The highest BCUT2D eigenvalue weighted by Gasteiger charge is 2.09. The van der Waals surface area contributed by atoms with Crippen molar-refractivity contribution in [3.05, 3.63) is 90.0 Å². The minimum Gasteiger partial charge on any atom is -0.493 e. The van der Waals surface area contributed by atoms with E-state index < -0.39 is 0 Å². The third-order valence-electron chi connectivity index (χ3n) is 4.53. The second-order valence-electron chi connectivity index (χ2n) is 6.73. The van der Waals surface area contributed by atoms with Gasteiger partial charge in [-0.3, -0.25) is 4.79 Å². The first-order valence-corrected chi connectivity index (χ1v) is 9.52. The molecule has 29 heavy (non-hydrogen) atoms. The van der Waals surface area contributed by atoms with E-state index in [1.807, 2.05) is 90.8 Å². The normalized spacial score (nSPS) is 10.3. The second-order valence-corrected chi connectivity index (χ2v) is 6.73. The van der Waals surface area contributed by atoms with Crippen molar-refractivity contribution in [2.45, 2.75) is 13.2 Å². The average Bonchev–Trinajstić information content (AvgIpc) is 2.77. The summed E-state index contributed by atoms with van der Waals surface area (Å²) in [6, 6.07) is 25.5. The molecule has 5 nitrogen and oxygen atoms in total. The van der Waals surface area contributed by atoms with Crippen LogP contribution < -0.4 is 19.7 Å². The zero-order valence-electron chi connectivity index (χ0n) is 16.8. The van der Waals surface area contributed by atoms with Gasteiger partial charge in [0.2, 0.25) is 5.91 Å². The van der Waals surface area contributed by atoms with Crippen LogP contribution in [0.15, 0.2) is 78.9 Å². The summed E-state index contributed by atoms with van der Waals surface area (Å²) in [7, 11) is 3.51. The van der Waals surface area contributed by atoms with Gasteiger partial charge in [-0.1, -0.05) is 54.6 Å². The molecule has 0 atom stereocenters. The zero-order valence-corrected chi connectivity index (χ0v) is 16.8. The summed E-state index contributed by atoms with van der Waals surface area (Å²) in [5.41, 5.74) is 3.04. The molecule has 0 aliphatic heterocycles. The molecule has 0 heterocycles. The van der Waals surface area contributed by atoms with E-state index in [1.54, 1.807) is 7.11 Å². The van der Waals surface area contributed by atoms with E-state index >= 15 is 0 Å². The van der Waals surface area contributed by atoms with Crippen LogP contribution in [0.1, 0.15) is 11.1 Å². The Balaban J connectivity index is 1.53. The number of ether oxygens (including phenoxy) is 2. The van der Waals surface area contributed by atoms with Crippen molar-refractivity contribution in [1.29, 1.82) is 0 Å². The molecule has 0 bridgehead atoms. The van der Waals surface area contributed by atoms with Gasteiger partial charge in [-0.15, -0.1) is 0 Å². The number of hydrogen-bond acceptors (Lipinski definition) is 4. The lowest BCUT2D eigenvalue weighted by Crippen LogP contribution is -2.34. The highest BCUT2D eigenvalue weighted by molar-refractivity contribution is 5.81. The van der Waals surface area contributed by atoms with Crippen LogP contribution in [0.5, 0.6) is 11.5 Å². The lowest BCUT2D eigenvalue weighted by molar-refractivity contribution is -0.119. The minimum absolute atomic E-state index is 0.0419.